The predicted octanol–water partition coefficient (Wildman–Crippen LogP) is 3.77. The predicted molar refractivity (Wildman–Crippen MR) is 91.5 cm³/mol. The van der Waals surface area contributed by atoms with Gasteiger partial charge in [-0.2, -0.15) is 0 Å². The van der Waals surface area contributed by atoms with Crippen molar-refractivity contribution in [3.8, 4) is 5.69 Å². The molecule has 4 nitrogen and oxygen atoms in total. The summed E-state index contributed by atoms with van der Waals surface area (Å²) in [6.07, 6.45) is 5.67. The molecule has 1 aromatic heterocycles. The van der Waals surface area contributed by atoms with Crippen molar-refractivity contribution in [1.29, 1.82) is 0 Å². The van der Waals surface area contributed by atoms with E-state index >= 15 is 0 Å². The molecule has 3 rings (SSSR count). The summed E-state index contributed by atoms with van der Waals surface area (Å²) in [4.78, 5) is 13.7. The van der Waals surface area contributed by atoms with E-state index in [4.69, 9.17) is 0 Å². The molecule has 0 saturated carbocycles. The quantitative estimate of drug-likeness (QED) is 0.804. The molecule has 5 heteroatoms. The lowest BCUT2D eigenvalue weighted by Gasteiger charge is -2.28. The van der Waals surface area contributed by atoms with E-state index in [0.29, 0.717) is 5.69 Å². The van der Waals surface area contributed by atoms with Gasteiger partial charge in [0.25, 0.3) is 0 Å². The van der Waals surface area contributed by atoms with Crippen molar-refractivity contribution in [2.24, 2.45) is 0 Å². The van der Waals surface area contributed by atoms with Crippen LogP contribution in [0.25, 0.3) is 5.69 Å². The van der Waals surface area contributed by atoms with Crippen LogP contribution in [-0.4, -0.2) is 28.7 Å². The number of carboxylic acid groups (broad SMARTS) is 1. The largest absolute Gasteiger partial charge is 0.477 e. The van der Waals surface area contributed by atoms with Crippen molar-refractivity contribution < 1.29 is 9.90 Å². The Morgan fingerprint density at radius 2 is 1.67 bits per heavy atom. The number of nitrogens with zero attached hydrogens (tertiary/aromatic N) is 2. The van der Waals surface area contributed by atoms with Crippen molar-refractivity contribution in [3.63, 3.8) is 0 Å². The van der Waals surface area contributed by atoms with Gasteiger partial charge in [-0.1, -0.05) is 0 Å². The number of halogens is 1. The van der Waals surface area contributed by atoms with Crippen LogP contribution in [0.5, 0.6) is 0 Å². The molecule has 0 aliphatic carbocycles. The molecule has 0 bridgehead atoms. The first-order valence-electron chi connectivity index (χ1n) is 7.12. The van der Waals surface area contributed by atoms with Gasteiger partial charge in [-0.3, -0.25) is 0 Å². The van der Waals surface area contributed by atoms with E-state index in [2.05, 4.69) is 39.6 Å². The summed E-state index contributed by atoms with van der Waals surface area (Å²) < 4.78 is 2.65. The molecule has 1 fully saturated rings. The molecule has 2 heterocycles. The number of hydrogen-bond acceptors (Lipinski definition) is 2. The Labute approximate surface area is 137 Å². The molecule has 0 amide bonds. The van der Waals surface area contributed by atoms with E-state index in [1.165, 1.54) is 24.9 Å². The molecule has 0 spiro atoms. The van der Waals surface area contributed by atoms with E-state index < -0.39 is 5.97 Å². The third-order valence-corrected chi connectivity index (χ3v) is 4.44. The normalized spacial score (nSPS) is 15.2. The molecule has 1 aliphatic rings. The Balaban J connectivity index is 1.88. The molecule has 0 radical (unpaired) electrons. The van der Waals surface area contributed by atoms with Gasteiger partial charge in [-0.25, -0.2) is 4.79 Å². The van der Waals surface area contributed by atoms with Gasteiger partial charge < -0.3 is 14.6 Å². The average Bonchev–Trinajstić information content (AvgIpc) is 2.91. The van der Waals surface area contributed by atoms with Gasteiger partial charge in [0, 0.05) is 34.2 Å². The van der Waals surface area contributed by atoms with Gasteiger partial charge in [-0.15, -0.1) is 0 Å². The molecule has 1 N–H and O–H groups in total. The fourth-order valence-electron chi connectivity index (χ4n) is 2.78. The second-order valence-corrected chi connectivity index (χ2v) is 6.53. The summed E-state index contributed by atoms with van der Waals surface area (Å²) in [6.45, 7) is 2.22. The lowest BCUT2D eigenvalue weighted by molar-refractivity contribution is 0.0688. The number of carbonyl (C=O) groups is 1. The van der Waals surface area contributed by atoms with E-state index in [1.54, 1.807) is 10.6 Å². The van der Waals surface area contributed by atoms with Gasteiger partial charge in [0.2, 0.25) is 0 Å². The Morgan fingerprint density at radius 3 is 2.29 bits per heavy atom. The standard InChI is InChI=1S/C16H17IN2O2/c17-12-10-15(16(20)21)19(11-12)14-6-4-13(5-7-14)18-8-2-1-3-9-18/h4-7,10-11H,1-3,8-9H2,(H,20,21). The van der Waals surface area contributed by atoms with E-state index in [-0.39, 0.29) is 0 Å². The second-order valence-electron chi connectivity index (χ2n) is 5.28. The first-order valence-corrected chi connectivity index (χ1v) is 8.19. The van der Waals surface area contributed by atoms with Gasteiger partial charge in [-0.05, 0) is 72.2 Å². The van der Waals surface area contributed by atoms with Gasteiger partial charge >= 0.3 is 5.97 Å². The van der Waals surface area contributed by atoms with Crippen molar-refractivity contribution in [2.75, 3.05) is 18.0 Å². The summed E-state index contributed by atoms with van der Waals surface area (Å²) in [6, 6.07) is 9.83. The van der Waals surface area contributed by atoms with Crippen LogP contribution in [0, 0.1) is 3.57 Å². The molecule has 110 valence electrons. The lowest BCUT2D eigenvalue weighted by atomic mass is 10.1. The summed E-state index contributed by atoms with van der Waals surface area (Å²) in [7, 11) is 0. The fourth-order valence-corrected chi connectivity index (χ4v) is 3.36. The Hall–Kier alpha value is -1.50. The van der Waals surface area contributed by atoms with E-state index in [0.717, 1.165) is 22.3 Å². The number of anilines is 1. The molecule has 2 aromatic rings. The lowest BCUT2D eigenvalue weighted by Crippen LogP contribution is -2.29. The zero-order chi connectivity index (χ0) is 14.8. The maximum atomic E-state index is 11.3. The second kappa shape index (κ2) is 6.09. The summed E-state index contributed by atoms with van der Waals surface area (Å²) in [5, 5.41) is 9.27. The number of aromatic carboxylic acids is 1. The van der Waals surface area contributed by atoms with Crippen LogP contribution in [0.15, 0.2) is 36.5 Å². The summed E-state index contributed by atoms with van der Waals surface area (Å²) in [5.41, 5.74) is 2.40. The van der Waals surface area contributed by atoms with Crippen LogP contribution in [0.4, 0.5) is 5.69 Å². The molecule has 1 aromatic carbocycles. The van der Waals surface area contributed by atoms with Crippen molar-refractivity contribution in [2.45, 2.75) is 19.3 Å². The van der Waals surface area contributed by atoms with Crippen LogP contribution in [-0.2, 0) is 0 Å². The zero-order valence-electron chi connectivity index (χ0n) is 11.6. The highest BCUT2D eigenvalue weighted by Gasteiger charge is 2.14. The van der Waals surface area contributed by atoms with Crippen LogP contribution in [0.2, 0.25) is 0 Å². The third-order valence-electron chi connectivity index (χ3n) is 3.85. The summed E-state index contributed by atoms with van der Waals surface area (Å²) >= 11 is 2.14. The SMILES string of the molecule is O=C(O)c1cc(I)cn1-c1ccc(N2CCCCC2)cc1. The van der Waals surface area contributed by atoms with Gasteiger partial charge in [0.1, 0.15) is 5.69 Å². The average molecular weight is 396 g/mol. The smallest absolute Gasteiger partial charge is 0.352 e. The number of piperidine rings is 1. The van der Waals surface area contributed by atoms with E-state index in [1.807, 2.05) is 18.3 Å². The molecular weight excluding hydrogens is 379 g/mol. The van der Waals surface area contributed by atoms with Gasteiger partial charge in [0.05, 0.1) is 0 Å². The zero-order valence-corrected chi connectivity index (χ0v) is 13.8. The number of carboxylic acids is 1. The Bertz CT molecular complexity index is 643. The number of aromatic nitrogens is 1. The maximum absolute atomic E-state index is 11.3. The monoisotopic (exact) mass is 396 g/mol. The van der Waals surface area contributed by atoms with Crippen LogP contribution < -0.4 is 4.90 Å². The number of rotatable bonds is 3. The highest BCUT2D eigenvalue weighted by Crippen LogP contribution is 2.23. The summed E-state index contributed by atoms with van der Waals surface area (Å²) in [5.74, 6) is -0.905. The minimum Gasteiger partial charge on any atom is -0.477 e. The number of benzene rings is 1. The highest BCUT2D eigenvalue weighted by molar-refractivity contribution is 14.1. The maximum Gasteiger partial charge on any atom is 0.352 e. The topological polar surface area (TPSA) is 45.5 Å². The van der Waals surface area contributed by atoms with Crippen molar-refractivity contribution in [3.05, 3.63) is 45.8 Å². The van der Waals surface area contributed by atoms with Crippen LogP contribution in [0.1, 0.15) is 29.8 Å². The van der Waals surface area contributed by atoms with Crippen LogP contribution in [0.3, 0.4) is 0 Å². The minimum absolute atomic E-state index is 0.296. The third kappa shape index (κ3) is 3.07. The first kappa shape index (κ1) is 14.4. The minimum atomic E-state index is -0.905. The molecule has 0 unspecified atom stereocenters. The molecular formula is C16H17IN2O2. The van der Waals surface area contributed by atoms with E-state index in [9.17, 15) is 9.90 Å². The molecule has 21 heavy (non-hydrogen) atoms. The van der Waals surface area contributed by atoms with Gasteiger partial charge in [0.15, 0.2) is 0 Å². The molecule has 1 saturated heterocycles. The Kier molecular flexibility index (Phi) is 4.19. The van der Waals surface area contributed by atoms with Crippen molar-refractivity contribution >= 4 is 34.2 Å². The fraction of sp³-hybridized carbons (Fsp3) is 0.312. The highest BCUT2D eigenvalue weighted by atomic mass is 127. The number of hydrogen-bond donors (Lipinski definition) is 1. The van der Waals surface area contributed by atoms with Crippen LogP contribution >= 0.6 is 22.6 Å². The van der Waals surface area contributed by atoms with Crippen molar-refractivity contribution in [1.82, 2.24) is 4.57 Å². The Morgan fingerprint density at radius 1 is 1.05 bits per heavy atom. The molecule has 0 atom stereocenters. The first-order chi connectivity index (χ1) is 10.1. The molecule has 1 aliphatic heterocycles.